The maximum Gasteiger partial charge on any atom is 0.128 e. The molecule has 0 radical (unpaired) electrons. The van der Waals surface area contributed by atoms with Crippen LogP contribution in [0.5, 0.6) is 5.75 Å². The van der Waals surface area contributed by atoms with Gasteiger partial charge in [-0.05, 0) is 18.2 Å². The summed E-state index contributed by atoms with van der Waals surface area (Å²) < 4.78 is 5.62. The highest BCUT2D eigenvalue weighted by atomic mass is 16.5. The number of nitriles is 1. The number of benzene rings is 1. The smallest absolute Gasteiger partial charge is 0.128 e. The molecule has 0 fully saturated rings. The van der Waals surface area contributed by atoms with Gasteiger partial charge in [0.25, 0.3) is 0 Å². The average molecular weight is 271 g/mol. The van der Waals surface area contributed by atoms with Gasteiger partial charge in [-0.2, -0.15) is 5.26 Å². The molecular formula is C15H17N3O2. The van der Waals surface area contributed by atoms with Crippen molar-refractivity contribution in [3.05, 3.63) is 42.6 Å². The summed E-state index contributed by atoms with van der Waals surface area (Å²) in [5.41, 5.74) is 1.34. The number of hydrogen-bond acceptors (Lipinski definition) is 4. The van der Waals surface area contributed by atoms with Gasteiger partial charge in [0, 0.05) is 18.5 Å². The highest BCUT2D eigenvalue weighted by Crippen LogP contribution is 2.26. The van der Waals surface area contributed by atoms with Crippen molar-refractivity contribution in [1.29, 1.82) is 5.26 Å². The van der Waals surface area contributed by atoms with E-state index in [1.807, 2.05) is 18.2 Å². The lowest BCUT2D eigenvalue weighted by atomic mass is 10.2. The number of H-pyrrole nitrogens is 1. The minimum atomic E-state index is -0.598. The minimum absolute atomic E-state index is 0.191. The van der Waals surface area contributed by atoms with Crippen LogP contribution in [-0.4, -0.2) is 35.9 Å². The molecule has 5 heteroatoms. The van der Waals surface area contributed by atoms with Crippen LogP contribution in [0.1, 0.15) is 5.69 Å². The normalized spacial score (nSPS) is 12.0. The zero-order valence-electron chi connectivity index (χ0n) is 11.1. The Labute approximate surface area is 117 Å². The number of aromatic amines is 1. The lowest BCUT2D eigenvalue weighted by Gasteiger charge is -2.13. The van der Waals surface area contributed by atoms with Crippen molar-refractivity contribution < 1.29 is 9.84 Å². The van der Waals surface area contributed by atoms with Gasteiger partial charge in [-0.25, -0.2) is 0 Å². The third-order valence-electron chi connectivity index (χ3n) is 2.84. The summed E-state index contributed by atoms with van der Waals surface area (Å²) in [7, 11) is 0. The Morgan fingerprint density at radius 3 is 3.15 bits per heavy atom. The van der Waals surface area contributed by atoms with E-state index in [4.69, 9.17) is 10.00 Å². The first kappa shape index (κ1) is 14.1. The molecule has 104 valence electrons. The van der Waals surface area contributed by atoms with E-state index in [1.165, 1.54) is 0 Å². The fourth-order valence-corrected chi connectivity index (χ4v) is 1.91. The summed E-state index contributed by atoms with van der Waals surface area (Å²) >= 11 is 0. The maximum atomic E-state index is 9.78. The molecule has 20 heavy (non-hydrogen) atoms. The second kappa shape index (κ2) is 6.75. The van der Waals surface area contributed by atoms with E-state index in [0.29, 0.717) is 24.5 Å². The molecule has 0 saturated carbocycles. The quantitative estimate of drug-likeness (QED) is 0.527. The van der Waals surface area contributed by atoms with Gasteiger partial charge in [-0.1, -0.05) is 12.1 Å². The van der Waals surface area contributed by atoms with Gasteiger partial charge in [-0.3, -0.25) is 0 Å². The molecule has 0 bridgehead atoms. The van der Waals surface area contributed by atoms with E-state index in [-0.39, 0.29) is 6.61 Å². The number of aliphatic hydroxyl groups is 1. The lowest BCUT2D eigenvalue weighted by Crippen LogP contribution is -2.31. The minimum Gasteiger partial charge on any atom is -0.490 e. The van der Waals surface area contributed by atoms with E-state index in [1.54, 1.807) is 12.1 Å². The first-order valence-electron chi connectivity index (χ1n) is 6.39. The van der Waals surface area contributed by atoms with Gasteiger partial charge < -0.3 is 20.1 Å². The fourth-order valence-electron chi connectivity index (χ4n) is 1.91. The number of nitrogens with one attached hydrogen (secondary N) is 2. The molecule has 2 rings (SSSR count). The highest BCUT2D eigenvalue weighted by molar-refractivity contribution is 5.87. The number of rotatable bonds is 7. The number of ether oxygens (including phenoxy) is 1. The highest BCUT2D eigenvalue weighted by Gasteiger charge is 2.09. The number of fused-ring (bicyclic) bond motifs is 1. The van der Waals surface area contributed by atoms with Crippen LogP contribution in [0.15, 0.2) is 36.9 Å². The molecule has 1 heterocycles. The summed E-state index contributed by atoms with van der Waals surface area (Å²) in [5.74, 6) is 0.656. The first-order chi connectivity index (χ1) is 9.74. The van der Waals surface area contributed by atoms with Crippen LogP contribution in [0.25, 0.3) is 10.9 Å². The molecule has 5 nitrogen and oxygen atoms in total. The summed E-state index contributed by atoms with van der Waals surface area (Å²) in [6.07, 6.45) is 1.14. The SMILES string of the molecule is C=CCNCC(O)COc1cccc2[nH]c(C#N)cc12. The Kier molecular flexibility index (Phi) is 4.77. The van der Waals surface area contributed by atoms with Gasteiger partial charge in [0.1, 0.15) is 30.2 Å². The molecule has 2 aromatic rings. The molecule has 0 amide bonds. The Morgan fingerprint density at radius 2 is 2.40 bits per heavy atom. The standard InChI is InChI=1S/C15H17N3O2/c1-2-6-17-9-12(19)10-20-15-5-3-4-14-13(15)7-11(8-16)18-14/h2-5,7,12,17-19H,1,6,9-10H2. The third-order valence-corrected chi connectivity index (χ3v) is 2.84. The molecule has 0 saturated heterocycles. The van der Waals surface area contributed by atoms with Crippen molar-refractivity contribution in [2.75, 3.05) is 19.7 Å². The Balaban J connectivity index is 2.01. The summed E-state index contributed by atoms with van der Waals surface area (Å²) in [4.78, 5) is 2.99. The predicted molar refractivity (Wildman–Crippen MR) is 77.6 cm³/mol. The monoisotopic (exact) mass is 271 g/mol. The van der Waals surface area contributed by atoms with Crippen molar-refractivity contribution in [2.45, 2.75) is 6.10 Å². The van der Waals surface area contributed by atoms with E-state index in [9.17, 15) is 5.11 Å². The summed E-state index contributed by atoms with van der Waals surface area (Å²) in [6, 6.07) is 9.35. The van der Waals surface area contributed by atoms with E-state index < -0.39 is 6.10 Å². The Morgan fingerprint density at radius 1 is 1.55 bits per heavy atom. The van der Waals surface area contributed by atoms with E-state index >= 15 is 0 Å². The van der Waals surface area contributed by atoms with Gasteiger partial charge in [-0.15, -0.1) is 6.58 Å². The van der Waals surface area contributed by atoms with Crippen molar-refractivity contribution >= 4 is 10.9 Å². The fraction of sp³-hybridized carbons (Fsp3) is 0.267. The summed E-state index contributed by atoms with van der Waals surface area (Å²) in [6.45, 7) is 4.87. The molecule has 0 aliphatic rings. The molecule has 1 aromatic heterocycles. The van der Waals surface area contributed by atoms with Gasteiger partial charge in [0.2, 0.25) is 0 Å². The van der Waals surface area contributed by atoms with Crippen LogP contribution in [0.2, 0.25) is 0 Å². The molecule has 0 aliphatic heterocycles. The second-order valence-corrected chi connectivity index (χ2v) is 4.42. The van der Waals surface area contributed by atoms with Gasteiger partial charge in [0.05, 0.1) is 5.52 Å². The zero-order chi connectivity index (χ0) is 14.4. The Hall–Kier alpha value is -2.29. The topological polar surface area (TPSA) is 81.1 Å². The molecule has 0 aliphatic carbocycles. The Bertz CT molecular complexity index is 628. The van der Waals surface area contributed by atoms with Gasteiger partial charge >= 0.3 is 0 Å². The number of hydrogen-bond donors (Lipinski definition) is 3. The number of aromatic nitrogens is 1. The molecule has 1 unspecified atom stereocenters. The van der Waals surface area contributed by atoms with Crippen molar-refractivity contribution in [3.63, 3.8) is 0 Å². The molecule has 1 aromatic carbocycles. The summed E-state index contributed by atoms with van der Waals surface area (Å²) in [5, 5.41) is 22.5. The zero-order valence-corrected chi connectivity index (χ0v) is 11.1. The second-order valence-electron chi connectivity index (χ2n) is 4.42. The van der Waals surface area contributed by atoms with Crippen LogP contribution in [0, 0.1) is 11.3 Å². The predicted octanol–water partition coefficient (Wildman–Crippen LogP) is 1.55. The third kappa shape index (κ3) is 3.38. The van der Waals surface area contributed by atoms with E-state index in [2.05, 4.69) is 22.9 Å². The largest absolute Gasteiger partial charge is 0.490 e. The lowest BCUT2D eigenvalue weighted by molar-refractivity contribution is 0.108. The number of aliphatic hydroxyl groups excluding tert-OH is 1. The van der Waals surface area contributed by atoms with Crippen molar-refractivity contribution in [2.24, 2.45) is 0 Å². The van der Waals surface area contributed by atoms with Crippen LogP contribution < -0.4 is 10.1 Å². The van der Waals surface area contributed by atoms with Crippen LogP contribution >= 0.6 is 0 Å². The van der Waals surface area contributed by atoms with Crippen LogP contribution in [0.4, 0.5) is 0 Å². The maximum absolute atomic E-state index is 9.78. The average Bonchev–Trinajstić information content (AvgIpc) is 2.89. The number of nitrogens with zero attached hydrogens (tertiary/aromatic N) is 1. The van der Waals surface area contributed by atoms with Crippen molar-refractivity contribution in [1.82, 2.24) is 10.3 Å². The molecule has 0 spiro atoms. The molecule has 3 N–H and O–H groups in total. The first-order valence-corrected chi connectivity index (χ1v) is 6.39. The van der Waals surface area contributed by atoms with Gasteiger partial charge in [0.15, 0.2) is 0 Å². The molecular weight excluding hydrogens is 254 g/mol. The van der Waals surface area contributed by atoms with Crippen LogP contribution in [-0.2, 0) is 0 Å². The van der Waals surface area contributed by atoms with Crippen molar-refractivity contribution in [3.8, 4) is 11.8 Å². The van der Waals surface area contributed by atoms with Crippen LogP contribution in [0.3, 0.4) is 0 Å². The van der Waals surface area contributed by atoms with E-state index in [0.717, 1.165) is 10.9 Å². The molecule has 1 atom stereocenters.